The van der Waals surface area contributed by atoms with Gasteiger partial charge in [0.1, 0.15) is 16.8 Å². The van der Waals surface area contributed by atoms with Gasteiger partial charge in [0, 0.05) is 0 Å². The third-order valence-corrected chi connectivity index (χ3v) is 5.07. The molecule has 1 aromatic heterocycles. The van der Waals surface area contributed by atoms with Gasteiger partial charge < -0.3 is 9.47 Å². The average molecular weight is 425 g/mol. The van der Waals surface area contributed by atoms with E-state index in [9.17, 15) is 24.1 Å². The van der Waals surface area contributed by atoms with Gasteiger partial charge in [-0.2, -0.15) is 19.3 Å². The highest BCUT2D eigenvalue weighted by Crippen LogP contribution is 2.29. The fraction of sp³-hybridized carbons (Fsp3) is 0.0952. The maximum absolute atomic E-state index is 13.1. The average Bonchev–Trinajstić information content (AvgIpc) is 3.06. The highest BCUT2D eigenvalue weighted by Gasteiger charge is 2.13. The largest absolute Gasteiger partial charge is 0.493 e. The number of methoxy groups -OCH3 is 1. The monoisotopic (exact) mass is 425 g/mol. The molecule has 0 unspecified atom stereocenters. The molecule has 0 saturated heterocycles. The molecule has 30 heavy (non-hydrogen) atoms. The van der Waals surface area contributed by atoms with Gasteiger partial charge in [-0.15, -0.1) is 11.3 Å². The molecular formula is C21H13F2N3O3S. The molecule has 0 fully saturated rings. The van der Waals surface area contributed by atoms with Gasteiger partial charge in [0.15, 0.2) is 17.1 Å². The van der Waals surface area contributed by atoms with Gasteiger partial charge >= 0.3 is 6.61 Å². The van der Waals surface area contributed by atoms with Crippen molar-refractivity contribution < 1.29 is 18.3 Å². The minimum Gasteiger partial charge on any atom is -0.493 e. The second kappa shape index (κ2) is 9.03. The fourth-order valence-electron chi connectivity index (χ4n) is 2.70. The van der Waals surface area contributed by atoms with Gasteiger partial charge in [-0.1, -0.05) is 24.3 Å². The number of hydrogen-bond donors (Lipinski definition) is 0. The summed E-state index contributed by atoms with van der Waals surface area (Å²) in [5, 5.41) is 18.6. The van der Waals surface area contributed by atoms with Gasteiger partial charge in [-0.05, 0) is 35.9 Å². The molecule has 0 atom stereocenters. The first kappa shape index (κ1) is 20.8. The number of nitriles is 2. The predicted molar refractivity (Wildman–Crippen MR) is 107 cm³/mol. The number of halogens is 2. The lowest BCUT2D eigenvalue weighted by Crippen LogP contribution is -2.30. The fourth-order valence-corrected chi connectivity index (χ4v) is 3.76. The Morgan fingerprint density at radius 2 is 1.83 bits per heavy atom. The van der Waals surface area contributed by atoms with Crippen molar-refractivity contribution in [1.82, 2.24) is 4.57 Å². The van der Waals surface area contributed by atoms with Crippen molar-refractivity contribution in [2.45, 2.75) is 6.61 Å². The summed E-state index contributed by atoms with van der Waals surface area (Å²) in [6.07, 6.45) is 1.52. The highest BCUT2D eigenvalue weighted by atomic mass is 32.1. The zero-order valence-corrected chi connectivity index (χ0v) is 16.3. The van der Waals surface area contributed by atoms with Crippen LogP contribution in [0.15, 0.2) is 53.3 Å². The zero-order valence-electron chi connectivity index (χ0n) is 15.5. The van der Waals surface area contributed by atoms with Crippen LogP contribution in [0.25, 0.3) is 17.3 Å². The number of thiazole rings is 1. The Balaban J connectivity index is 2.25. The molecule has 0 aliphatic carbocycles. The predicted octanol–water partition coefficient (Wildman–Crippen LogP) is 2.54. The lowest BCUT2D eigenvalue weighted by molar-refractivity contribution is -0.0512. The van der Waals surface area contributed by atoms with E-state index < -0.39 is 12.2 Å². The molecule has 0 aliphatic rings. The summed E-state index contributed by atoms with van der Waals surface area (Å²) in [4.78, 5) is 13.1. The van der Waals surface area contributed by atoms with Gasteiger partial charge in [0.05, 0.1) is 17.3 Å². The summed E-state index contributed by atoms with van der Waals surface area (Å²) in [5.74, 6) is -0.0617. The van der Waals surface area contributed by atoms with E-state index in [4.69, 9.17) is 4.74 Å². The van der Waals surface area contributed by atoms with Crippen molar-refractivity contribution in [2.75, 3.05) is 7.11 Å². The Labute approximate surface area is 173 Å². The second-order valence-corrected chi connectivity index (χ2v) is 6.81. The van der Waals surface area contributed by atoms with Crippen LogP contribution in [-0.2, 0) is 0 Å². The minimum absolute atomic E-state index is 0.0746. The molecule has 0 saturated carbocycles. The topological polar surface area (TPSA) is 88.0 Å². The van der Waals surface area contributed by atoms with Crippen molar-refractivity contribution in [2.24, 2.45) is 0 Å². The molecule has 0 amide bonds. The Kier molecular flexibility index (Phi) is 6.26. The van der Waals surface area contributed by atoms with Crippen LogP contribution in [0.5, 0.6) is 11.5 Å². The van der Waals surface area contributed by atoms with Gasteiger partial charge in [-0.3, -0.25) is 9.36 Å². The number of aromatic nitrogens is 1. The first-order valence-corrected chi connectivity index (χ1v) is 9.26. The van der Waals surface area contributed by atoms with E-state index in [0.29, 0.717) is 11.3 Å². The molecule has 0 radical (unpaired) electrons. The quantitative estimate of drug-likeness (QED) is 0.627. The lowest BCUT2D eigenvalue weighted by Gasteiger charge is -2.09. The number of hydrogen-bond acceptors (Lipinski definition) is 6. The Morgan fingerprint density at radius 1 is 1.13 bits per heavy atom. The number of rotatable bonds is 5. The third kappa shape index (κ3) is 4.22. The maximum atomic E-state index is 13.1. The van der Waals surface area contributed by atoms with E-state index in [2.05, 4.69) is 4.74 Å². The van der Waals surface area contributed by atoms with Crippen LogP contribution < -0.4 is 24.2 Å². The summed E-state index contributed by atoms with van der Waals surface area (Å²) < 4.78 is 36.2. The van der Waals surface area contributed by atoms with Crippen LogP contribution in [0.1, 0.15) is 5.56 Å². The molecule has 0 N–H and O–H groups in total. The Morgan fingerprint density at radius 3 is 2.43 bits per heavy atom. The van der Waals surface area contributed by atoms with Gasteiger partial charge in [0.2, 0.25) is 0 Å². The number of alkyl halides is 2. The molecule has 0 aliphatic heterocycles. The smallest absolute Gasteiger partial charge is 0.387 e. The molecule has 9 heteroatoms. The molecular weight excluding hydrogens is 412 g/mol. The SMILES string of the molecule is COc1cc(/C=c2\sc(=C(C#N)C#N)n(-c3ccccc3)c2=O)ccc1OC(F)F. The molecule has 2 aromatic carbocycles. The molecule has 0 spiro atoms. The Hall–Kier alpha value is -3.95. The number of para-hydroxylation sites is 1. The third-order valence-electron chi connectivity index (χ3n) is 3.98. The number of benzene rings is 2. The number of nitrogens with zero attached hydrogens (tertiary/aromatic N) is 3. The van der Waals surface area contributed by atoms with E-state index in [1.807, 2.05) is 12.1 Å². The standard InChI is InChI=1S/C21H13F2N3O3S/c1-28-17-9-13(7-8-16(17)29-21(22)23)10-18-19(27)26(15-5-3-2-4-6-15)20(30-18)14(11-24)12-25/h2-10,21H,1H3/b18-10-. The summed E-state index contributed by atoms with van der Waals surface area (Å²) in [6, 6.07) is 16.5. The molecule has 6 nitrogen and oxygen atoms in total. The molecule has 0 bridgehead atoms. The van der Waals surface area contributed by atoms with Crippen LogP contribution in [0.4, 0.5) is 8.78 Å². The van der Waals surface area contributed by atoms with Crippen molar-refractivity contribution >= 4 is 23.0 Å². The van der Waals surface area contributed by atoms with Crippen molar-refractivity contribution in [1.29, 1.82) is 10.5 Å². The van der Waals surface area contributed by atoms with Crippen LogP contribution in [0, 0.1) is 22.7 Å². The van der Waals surface area contributed by atoms with Crippen molar-refractivity contribution in [3.8, 4) is 29.3 Å². The van der Waals surface area contributed by atoms with E-state index in [-0.39, 0.29) is 26.3 Å². The van der Waals surface area contributed by atoms with Crippen LogP contribution in [0.2, 0.25) is 0 Å². The van der Waals surface area contributed by atoms with E-state index >= 15 is 0 Å². The van der Waals surface area contributed by atoms with Crippen molar-refractivity contribution in [3.05, 3.63) is 73.6 Å². The minimum atomic E-state index is -3.00. The summed E-state index contributed by atoms with van der Waals surface area (Å²) in [6.45, 7) is -3.00. The first-order valence-electron chi connectivity index (χ1n) is 8.45. The van der Waals surface area contributed by atoms with E-state index in [1.54, 1.807) is 30.3 Å². The van der Waals surface area contributed by atoms with E-state index in [0.717, 1.165) is 11.3 Å². The molecule has 1 heterocycles. The number of ether oxygens (including phenoxy) is 2. The van der Waals surface area contributed by atoms with Crippen LogP contribution in [0.3, 0.4) is 0 Å². The van der Waals surface area contributed by atoms with Gasteiger partial charge in [0.25, 0.3) is 5.56 Å². The first-order chi connectivity index (χ1) is 14.5. The Bertz CT molecular complexity index is 1320. The second-order valence-electron chi connectivity index (χ2n) is 5.78. The van der Waals surface area contributed by atoms with Crippen LogP contribution >= 0.6 is 11.3 Å². The van der Waals surface area contributed by atoms with Crippen molar-refractivity contribution in [3.63, 3.8) is 0 Å². The summed E-state index contributed by atoms with van der Waals surface area (Å²) in [7, 11) is 1.31. The summed E-state index contributed by atoms with van der Waals surface area (Å²) >= 11 is 0.982. The highest BCUT2D eigenvalue weighted by molar-refractivity contribution is 7.07. The normalized spacial score (nSPS) is 11.1. The lowest BCUT2D eigenvalue weighted by atomic mass is 10.2. The van der Waals surface area contributed by atoms with Gasteiger partial charge in [-0.25, -0.2) is 0 Å². The maximum Gasteiger partial charge on any atom is 0.387 e. The summed E-state index contributed by atoms with van der Waals surface area (Å²) in [5.41, 5.74) is 0.388. The molecule has 150 valence electrons. The van der Waals surface area contributed by atoms with E-state index in [1.165, 1.54) is 36.0 Å². The van der Waals surface area contributed by atoms with Crippen LogP contribution in [-0.4, -0.2) is 18.3 Å². The molecule has 3 rings (SSSR count). The molecule has 3 aromatic rings. The zero-order chi connectivity index (χ0) is 21.7.